The average Bonchev–Trinajstić information content (AvgIpc) is 3.39. The second-order valence-electron chi connectivity index (χ2n) is 6.57. The van der Waals surface area contributed by atoms with Gasteiger partial charge in [-0.15, -0.1) is 10.2 Å². The van der Waals surface area contributed by atoms with Crippen LogP contribution in [0.2, 0.25) is 0 Å². The smallest absolute Gasteiger partial charge is 0.387 e. The molecule has 0 saturated heterocycles. The van der Waals surface area contributed by atoms with Crippen molar-refractivity contribution in [3.8, 4) is 5.75 Å². The predicted octanol–water partition coefficient (Wildman–Crippen LogP) is 2.92. The Labute approximate surface area is 164 Å². The topological polar surface area (TPSA) is 100 Å². The number of ether oxygens (including phenoxy) is 1. The average molecular weight is 410 g/mol. The van der Waals surface area contributed by atoms with E-state index in [1.165, 1.54) is 12.1 Å². The minimum Gasteiger partial charge on any atom is -0.434 e. The highest BCUT2D eigenvalue weighted by atomic mass is 32.2. The summed E-state index contributed by atoms with van der Waals surface area (Å²) < 4.78 is 31.5. The Hall–Kier alpha value is -2.49. The molecule has 0 atom stereocenters. The number of primary amides is 1. The van der Waals surface area contributed by atoms with Gasteiger partial charge in [0.1, 0.15) is 11.6 Å². The molecule has 0 aliphatic heterocycles. The zero-order valence-corrected chi connectivity index (χ0v) is 16.0. The summed E-state index contributed by atoms with van der Waals surface area (Å²) in [6.07, 6.45) is 2.16. The lowest BCUT2D eigenvalue weighted by Crippen LogP contribution is -2.16. The number of halogens is 2. The summed E-state index contributed by atoms with van der Waals surface area (Å²) in [5.74, 6) is 0.127. The third-order valence-electron chi connectivity index (χ3n) is 4.25. The van der Waals surface area contributed by atoms with Crippen LogP contribution in [-0.2, 0) is 11.3 Å². The Morgan fingerprint density at radius 2 is 2.11 bits per heavy atom. The number of nitrogens with zero attached hydrogens (tertiary/aromatic N) is 3. The fourth-order valence-electron chi connectivity index (χ4n) is 2.75. The number of ketones is 1. The van der Waals surface area contributed by atoms with Crippen LogP contribution >= 0.6 is 11.8 Å². The lowest BCUT2D eigenvalue weighted by molar-refractivity contribution is -0.118. The van der Waals surface area contributed by atoms with Gasteiger partial charge in [-0.25, -0.2) is 0 Å². The number of amides is 1. The fourth-order valence-corrected chi connectivity index (χ4v) is 3.61. The molecular weight excluding hydrogens is 390 g/mol. The number of rotatable bonds is 10. The van der Waals surface area contributed by atoms with Crippen LogP contribution < -0.4 is 10.5 Å². The van der Waals surface area contributed by atoms with Crippen LogP contribution in [0.3, 0.4) is 0 Å². The molecule has 1 aliphatic rings. The van der Waals surface area contributed by atoms with Crippen molar-refractivity contribution in [1.29, 1.82) is 0 Å². The maximum absolute atomic E-state index is 12.6. The van der Waals surface area contributed by atoms with Crippen LogP contribution in [0.5, 0.6) is 5.75 Å². The van der Waals surface area contributed by atoms with Crippen LogP contribution in [0, 0.1) is 6.92 Å². The number of hydrogen-bond donors (Lipinski definition) is 1. The molecule has 1 aliphatic carbocycles. The number of benzene rings is 1. The highest BCUT2D eigenvalue weighted by molar-refractivity contribution is 7.99. The molecule has 2 aromatic rings. The molecule has 1 saturated carbocycles. The number of hydrogen-bond acceptors (Lipinski definition) is 6. The summed E-state index contributed by atoms with van der Waals surface area (Å²) in [5.41, 5.74) is 6.10. The summed E-state index contributed by atoms with van der Waals surface area (Å²) in [6.45, 7) is -0.909. The summed E-state index contributed by atoms with van der Waals surface area (Å²) in [4.78, 5) is 23.8. The Kier molecular flexibility index (Phi) is 6.28. The first-order chi connectivity index (χ1) is 13.3. The lowest BCUT2D eigenvalue weighted by Gasteiger charge is -2.11. The standard InChI is InChI=1S/C18H20F2N4O3S/c1-10-2-5-14(27-17(19)20)12(8-10)13(25)9-28-18-23-22-16(11-3-4-11)24(18)7-6-15(21)26/h2,5,8,11,17H,3-4,6-7,9H2,1H3,(H2,21,26). The normalized spacial score (nSPS) is 13.7. The zero-order valence-electron chi connectivity index (χ0n) is 15.2. The number of Topliss-reactive ketones (excluding diaryl/α,β-unsaturated/α-hetero) is 1. The number of aryl methyl sites for hydroxylation is 1. The molecule has 1 amide bonds. The van der Waals surface area contributed by atoms with E-state index < -0.39 is 12.5 Å². The first-order valence-electron chi connectivity index (χ1n) is 8.78. The molecule has 7 nitrogen and oxygen atoms in total. The minimum atomic E-state index is -3.01. The van der Waals surface area contributed by atoms with Gasteiger partial charge in [0, 0.05) is 18.9 Å². The molecule has 2 N–H and O–H groups in total. The van der Waals surface area contributed by atoms with Crippen LogP contribution in [0.1, 0.15) is 46.9 Å². The second kappa shape index (κ2) is 8.68. The molecule has 0 bridgehead atoms. The highest BCUT2D eigenvalue weighted by Gasteiger charge is 2.30. The van der Waals surface area contributed by atoms with Crippen molar-refractivity contribution < 1.29 is 23.1 Å². The SMILES string of the molecule is Cc1ccc(OC(F)F)c(C(=O)CSc2nnc(C3CC3)n2CCC(N)=O)c1. The van der Waals surface area contributed by atoms with Gasteiger partial charge in [0.25, 0.3) is 0 Å². The van der Waals surface area contributed by atoms with Gasteiger partial charge < -0.3 is 15.0 Å². The van der Waals surface area contributed by atoms with E-state index >= 15 is 0 Å². The van der Waals surface area contributed by atoms with Gasteiger partial charge in [-0.2, -0.15) is 8.78 Å². The number of thioether (sulfide) groups is 1. The molecule has 0 spiro atoms. The lowest BCUT2D eigenvalue weighted by atomic mass is 10.1. The van der Waals surface area contributed by atoms with Gasteiger partial charge in [0.2, 0.25) is 5.91 Å². The minimum absolute atomic E-state index is 0.0254. The van der Waals surface area contributed by atoms with Gasteiger partial charge >= 0.3 is 6.61 Å². The Balaban J connectivity index is 1.74. The fraction of sp³-hybridized carbons (Fsp3) is 0.444. The monoisotopic (exact) mass is 410 g/mol. The van der Waals surface area contributed by atoms with Gasteiger partial charge in [0.05, 0.1) is 11.3 Å². The van der Waals surface area contributed by atoms with E-state index in [1.54, 1.807) is 13.0 Å². The number of alkyl halides is 2. The Morgan fingerprint density at radius 1 is 1.36 bits per heavy atom. The highest BCUT2D eigenvalue weighted by Crippen LogP contribution is 2.40. The molecule has 150 valence electrons. The van der Waals surface area contributed by atoms with E-state index in [-0.39, 0.29) is 29.3 Å². The Morgan fingerprint density at radius 3 is 2.75 bits per heavy atom. The van der Waals surface area contributed by atoms with Gasteiger partial charge in [0.15, 0.2) is 10.9 Å². The summed E-state index contributed by atoms with van der Waals surface area (Å²) in [5, 5.41) is 8.81. The maximum Gasteiger partial charge on any atom is 0.387 e. The Bertz CT molecular complexity index is 884. The molecule has 1 heterocycles. The van der Waals surface area contributed by atoms with E-state index in [0.29, 0.717) is 17.6 Å². The van der Waals surface area contributed by atoms with Crippen molar-refractivity contribution in [2.75, 3.05) is 5.75 Å². The van der Waals surface area contributed by atoms with Crippen LogP contribution in [0.4, 0.5) is 8.78 Å². The molecule has 3 rings (SSSR count). The second-order valence-corrected chi connectivity index (χ2v) is 7.52. The summed E-state index contributed by atoms with van der Waals surface area (Å²) in [6, 6.07) is 4.48. The van der Waals surface area contributed by atoms with Gasteiger partial charge in [-0.05, 0) is 31.9 Å². The molecule has 0 unspecified atom stereocenters. The molecular formula is C18H20F2N4O3S. The number of nitrogens with two attached hydrogens (primary N) is 1. The molecule has 1 fully saturated rings. The summed E-state index contributed by atoms with van der Waals surface area (Å²) >= 11 is 1.15. The van der Waals surface area contributed by atoms with E-state index in [4.69, 9.17) is 5.73 Å². The van der Waals surface area contributed by atoms with Crippen molar-refractivity contribution in [2.45, 2.75) is 50.4 Å². The molecule has 10 heteroatoms. The molecule has 1 aromatic heterocycles. The van der Waals surface area contributed by atoms with E-state index in [0.717, 1.165) is 36.0 Å². The third-order valence-corrected chi connectivity index (χ3v) is 5.22. The molecule has 1 aromatic carbocycles. The van der Waals surface area contributed by atoms with Crippen molar-refractivity contribution in [1.82, 2.24) is 14.8 Å². The van der Waals surface area contributed by atoms with Crippen molar-refractivity contribution in [3.05, 3.63) is 35.2 Å². The predicted molar refractivity (Wildman–Crippen MR) is 98.7 cm³/mol. The van der Waals surface area contributed by atoms with E-state index in [1.807, 2.05) is 4.57 Å². The van der Waals surface area contributed by atoms with Crippen LogP contribution in [0.25, 0.3) is 0 Å². The van der Waals surface area contributed by atoms with Crippen LogP contribution in [-0.4, -0.2) is 38.8 Å². The van der Waals surface area contributed by atoms with E-state index in [2.05, 4.69) is 14.9 Å². The number of aromatic nitrogens is 3. The number of carbonyl (C=O) groups is 2. The maximum atomic E-state index is 12.6. The summed E-state index contributed by atoms with van der Waals surface area (Å²) in [7, 11) is 0. The quantitative estimate of drug-likeness (QED) is 0.478. The van der Waals surface area contributed by atoms with Crippen molar-refractivity contribution >= 4 is 23.5 Å². The first kappa shape index (κ1) is 20.2. The van der Waals surface area contributed by atoms with Crippen molar-refractivity contribution in [3.63, 3.8) is 0 Å². The van der Waals surface area contributed by atoms with Gasteiger partial charge in [-0.3, -0.25) is 9.59 Å². The van der Waals surface area contributed by atoms with Crippen LogP contribution in [0.15, 0.2) is 23.4 Å². The molecule has 28 heavy (non-hydrogen) atoms. The first-order valence-corrected chi connectivity index (χ1v) is 9.76. The van der Waals surface area contributed by atoms with E-state index in [9.17, 15) is 18.4 Å². The number of carbonyl (C=O) groups excluding carboxylic acids is 2. The zero-order chi connectivity index (χ0) is 20.3. The largest absolute Gasteiger partial charge is 0.434 e. The third kappa shape index (κ3) is 5.06. The van der Waals surface area contributed by atoms with Gasteiger partial charge in [-0.1, -0.05) is 23.4 Å². The molecule has 0 radical (unpaired) electrons. The van der Waals surface area contributed by atoms with Crippen molar-refractivity contribution in [2.24, 2.45) is 5.73 Å².